The molecule has 0 aliphatic carbocycles. The molecule has 1 amide bonds. The fraction of sp³-hybridized carbons (Fsp3) is 0.875. The molecule has 0 spiro atoms. The van der Waals surface area contributed by atoms with E-state index in [4.69, 9.17) is 4.74 Å². The van der Waals surface area contributed by atoms with Crippen molar-refractivity contribution in [2.24, 2.45) is 0 Å². The molecule has 1 rings (SSSR count). The van der Waals surface area contributed by atoms with E-state index >= 15 is 0 Å². The van der Waals surface area contributed by atoms with Crippen LogP contribution in [0, 0.1) is 0 Å². The van der Waals surface area contributed by atoms with Crippen LogP contribution in [0.1, 0.15) is 13.3 Å². The van der Waals surface area contributed by atoms with Crippen molar-refractivity contribution in [2.75, 3.05) is 14.1 Å². The first kappa shape index (κ1) is 9.48. The second kappa shape index (κ2) is 3.41. The molecular formula is C8H15NO3. The van der Waals surface area contributed by atoms with Crippen LogP contribution in [0.4, 0.5) is 0 Å². The van der Waals surface area contributed by atoms with Crippen LogP contribution in [0.15, 0.2) is 0 Å². The highest BCUT2D eigenvalue weighted by Crippen LogP contribution is 2.20. The Morgan fingerprint density at radius 3 is 2.50 bits per heavy atom. The first-order valence-electron chi connectivity index (χ1n) is 4.07. The summed E-state index contributed by atoms with van der Waals surface area (Å²) < 4.78 is 5.26. The number of carbonyl (C=O) groups is 1. The largest absolute Gasteiger partial charge is 0.390 e. The van der Waals surface area contributed by atoms with Gasteiger partial charge >= 0.3 is 0 Å². The smallest absolute Gasteiger partial charge is 0.251 e. The number of hydrogen-bond acceptors (Lipinski definition) is 3. The first-order chi connectivity index (χ1) is 5.52. The van der Waals surface area contributed by atoms with Gasteiger partial charge in [0.25, 0.3) is 5.91 Å². The van der Waals surface area contributed by atoms with Gasteiger partial charge in [0.15, 0.2) is 0 Å². The Kier molecular flexibility index (Phi) is 2.69. The van der Waals surface area contributed by atoms with Crippen LogP contribution in [0.25, 0.3) is 0 Å². The van der Waals surface area contributed by atoms with Crippen molar-refractivity contribution >= 4 is 5.91 Å². The summed E-state index contributed by atoms with van der Waals surface area (Å²) in [7, 11) is 3.36. The molecule has 0 aromatic rings. The maximum absolute atomic E-state index is 11.3. The summed E-state index contributed by atoms with van der Waals surface area (Å²) in [5.74, 6) is -0.0709. The predicted molar refractivity (Wildman–Crippen MR) is 43.7 cm³/mol. The van der Waals surface area contributed by atoms with Crippen molar-refractivity contribution in [3.8, 4) is 0 Å². The molecule has 70 valence electrons. The lowest BCUT2D eigenvalue weighted by molar-refractivity contribution is -0.140. The van der Waals surface area contributed by atoms with Crippen LogP contribution in [0.5, 0.6) is 0 Å². The van der Waals surface area contributed by atoms with Gasteiger partial charge < -0.3 is 14.7 Å². The zero-order valence-electron chi connectivity index (χ0n) is 7.65. The minimum Gasteiger partial charge on any atom is -0.390 e. The zero-order chi connectivity index (χ0) is 9.30. The molecule has 1 aliphatic rings. The van der Waals surface area contributed by atoms with Crippen LogP contribution < -0.4 is 0 Å². The van der Waals surface area contributed by atoms with E-state index in [0.717, 1.165) is 0 Å². The Hall–Kier alpha value is -0.610. The van der Waals surface area contributed by atoms with E-state index in [1.165, 1.54) is 4.90 Å². The maximum atomic E-state index is 11.3. The van der Waals surface area contributed by atoms with Crippen molar-refractivity contribution in [1.29, 1.82) is 0 Å². The molecule has 0 saturated carbocycles. The van der Waals surface area contributed by atoms with Gasteiger partial charge in [0.2, 0.25) is 0 Å². The van der Waals surface area contributed by atoms with Crippen LogP contribution in [0.3, 0.4) is 0 Å². The minimum absolute atomic E-state index is 0.0709. The van der Waals surface area contributed by atoms with Gasteiger partial charge in [-0.2, -0.15) is 0 Å². The van der Waals surface area contributed by atoms with Gasteiger partial charge in [-0.15, -0.1) is 0 Å². The molecule has 1 heterocycles. The molecule has 1 N–H and O–H groups in total. The number of carbonyl (C=O) groups excluding carboxylic acids is 1. The molecule has 1 aliphatic heterocycles. The van der Waals surface area contributed by atoms with E-state index in [1.807, 2.05) is 0 Å². The van der Waals surface area contributed by atoms with Gasteiger partial charge in [0.05, 0.1) is 12.2 Å². The third-order valence-electron chi connectivity index (χ3n) is 2.09. The Bertz CT molecular complexity index is 171. The lowest BCUT2D eigenvalue weighted by Gasteiger charge is -2.15. The molecule has 1 saturated heterocycles. The van der Waals surface area contributed by atoms with Gasteiger partial charge in [-0.3, -0.25) is 4.79 Å². The number of nitrogens with zero attached hydrogens (tertiary/aromatic N) is 1. The first-order valence-corrected chi connectivity index (χ1v) is 4.07. The third kappa shape index (κ3) is 1.76. The van der Waals surface area contributed by atoms with Gasteiger partial charge in [-0.05, 0) is 6.92 Å². The van der Waals surface area contributed by atoms with E-state index in [9.17, 15) is 9.90 Å². The second-order valence-electron chi connectivity index (χ2n) is 3.37. The highest BCUT2D eigenvalue weighted by Gasteiger charge is 2.35. The topological polar surface area (TPSA) is 49.8 Å². The summed E-state index contributed by atoms with van der Waals surface area (Å²) in [6, 6.07) is 0. The number of ether oxygens (including phenoxy) is 1. The second-order valence-corrected chi connectivity index (χ2v) is 3.37. The average molecular weight is 173 g/mol. The molecule has 1 fully saturated rings. The fourth-order valence-electron chi connectivity index (χ4n) is 1.26. The summed E-state index contributed by atoms with van der Waals surface area (Å²) in [6.07, 6.45) is -0.763. The van der Waals surface area contributed by atoms with Crippen molar-refractivity contribution in [2.45, 2.75) is 31.7 Å². The summed E-state index contributed by atoms with van der Waals surface area (Å²) in [4.78, 5) is 12.8. The van der Waals surface area contributed by atoms with E-state index in [0.29, 0.717) is 6.42 Å². The molecular weight excluding hydrogens is 158 g/mol. The lowest BCUT2D eigenvalue weighted by atomic mass is 10.1. The monoisotopic (exact) mass is 173 g/mol. The van der Waals surface area contributed by atoms with E-state index in [-0.39, 0.29) is 12.0 Å². The number of aliphatic hydroxyl groups excluding tert-OH is 1. The Balaban J connectivity index is 2.52. The molecule has 4 nitrogen and oxygen atoms in total. The lowest BCUT2D eigenvalue weighted by Crippen LogP contribution is -2.33. The Morgan fingerprint density at radius 2 is 2.17 bits per heavy atom. The van der Waals surface area contributed by atoms with Gasteiger partial charge in [0, 0.05) is 20.5 Å². The maximum Gasteiger partial charge on any atom is 0.251 e. The van der Waals surface area contributed by atoms with Crippen LogP contribution in [-0.4, -0.2) is 48.3 Å². The highest BCUT2D eigenvalue weighted by molar-refractivity contribution is 5.80. The van der Waals surface area contributed by atoms with E-state index < -0.39 is 12.2 Å². The van der Waals surface area contributed by atoms with Gasteiger partial charge in [-0.1, -0.05) is 0 Å². The van der Waals surface area contributed by atoms with Crippen LogP contribution >= 0.6 is 0 Å². The predicted octanol–water partition coefficient (Wildman–Crippen LogP) is -0.387. The third-order valence-corrected chi connectivity index (χ3v) is 2.09. The van der Waals surface area contributed by atoms with Crippen molar-refractivity contribution in [3.05, 3.63) is 0 Å². The van der Waals surface area contributed by atoms with E-state index in [1.54, 1.807) is 21.0 Å². The summed E-state index contributed by atoms with van der Waals surface area (Å²) in [5.41, 5.74) is 0. The van der Waals surface area contributed by atoms with Crippen molar-refractivity contribution in [3.63, 3.8) is 0 Å². The van der Waals surface area contributed by atoms with E-state index in [2.05, 4.69) is 0 Å². The number of likely N-dealkylation sites (N-methyl/N-ethyl adjacent to an activating group) is 1. The van der Waals surface area contributed by atoms with Crippen molar-refractivity contribution in [1.82, 2.24) is 4.90 Å². The standard InChI is InChI=1S/C8H15NO3/c1-5-6(10)4-7(12-5)8(11)9(2)3/h5-7,10H,4H2,1-3H3/t5-,6+,7+/m1/s1. The summed E-state index contributed by atoms with van der Waals surface area (Å²) >= 11 is 0. The molecule has 4 heteroatoms. The highest BCUT2D eigenvalue weighted by atomic mass is 16.5. The number of rotatable bonds is 1. The van der Waals surface area contributed by atoms with Crippen molar-refractivity contribution < 1.29 is 14.6 Å². The Labute approximate surface area is 72.1 Å². The van der Waals surface area contributed by atoms with Gasteiger partial charge in [0.1, 0.15) is 6.10 Å². The normalized spacial score (nSPS) is 35.2. The summed E-state index contributed by atoms with van der Waals surface area (Å²) in [6.45, 7) is 1.77. The number of amides is 1. The quantitative estimate of drug-likeness (QED) is 0.587. The minimum atomic E-state index is -0.501. The van der Waals surface area contributed by atoms with Crippen LogP contribution in [0.2, 0.25) is 0 Å². The average Bonchev–Trinajstić information content (AvgIpc) is 2.30. The number of aliphatic hydroxyl groups is 1. The van der Waals surface area contributed by atoms with Gasteiger partial charge in [-0.25, -0.2) is 0 Å². The fourth-order valence-corrected chi connectivity index (χ4v) is 1.26. The molecule has 0 bridgehead atoms. The molecule has 0 unspecified atom stereocenters. The zero-order valence-corrected chi connectivity index (χ0v) is 7.65. The SMILES string of the molecule is C[C@H]1O[C@H](C(=O)N(C)C)C[C@@H]1O. The summed E-state index contributed by atoms with van der Waals surface area (Å²) in [5, 5.41) is 9.30. The molecule has 0 radical (unpaired) electrons. The molecule has 12 heavy (non-hydrogen) atoms. The molecule has 0 aromatic heterocycles. The van der Waals surface area contributed by atoms with Crippen LogP contribution in [-0.2, 0) is 9.53 Å². The molecule has 3 atom stereocenters. The Morgan fingerprint density at radius 1 is 1.58 bits per heavy atom. The number of hydrogen-bond donors (Lipinski definition) is 1. The molecule has 0 aromatic carbocycles.